The summed E-state index contributed by atoms with van der Waals surface area (Å²) in [6.45, 7) is 1.58. The molecular formula is C14H13FO2. The highest BCUT2D eigenvalue weighted by molar-refractivity contribution is 5.39. The van der Waals surface area contributed by atoms with E-state index in [0.717, 1.165) is 0 Å². The van der Waals surface area contributed by atoms with E-state index in [4.69, 9.17) is 4.74 Å². The lowest BCUT2D eigenvalue weighted by atomic mass is 10.1. The third-order valence-electron chi connectivity index (χ3n) is 2.39. The van der Waals surface area contributed by atoms with E-state index in [9.17, 15) is 9.50 Å². The average Bonchev–Trinajstić information content (AvgIpc) is 2.32. The summed E-state index contributed by atoms with van der Waals surface area (Å²) in [6.07, 6.45) is -0.774. The lowest BCUT2D eigenvalue weighted by molar-refractivity contribution is 0.195. The van der Waals surface area contributed by atoms with Crippen molar-refractivity contribution in [1.82, 2.24) is 0 Å². The lowest BCUT2D eigenvalue weighted by Gasteiger charge is -2.13. The standard InChI is InChI=1S/C14H13FO2/c1-10(16)13-9-11(15)7-8-14(13)17-12-5-3-2-4-6-12/h2-10,16H,1H3. The molecule has 3 heteroatoms. The molecule has 0 aromatic heterocycles. The van der Waals surface area contributed by atoms with Gasteiger partial charge < -0.3 is 9.84 Å². The van der Waals surface area contributed by atoms with Crippen LogP contribution in [-0.4, -0.2) is 5.11 Å². The first-order valence-corrected chi connectivity index (χ1v) is 5.37. The van der Waals surface area contributed by atoms with Crippen molar-refractivity contribution in [2.45, 2.75) is 13.0 Å². The van der Waals surface area contributed by atoms with Gasteiger partial charge in [0.2, 0.25) is 0 Å². The van der Waals surface area contributed by atoms with E-state index in [1.54, 1.807) is 19.1 Å². The summed E-state index contributed by atoms with van der Waals surface area (Å²) in [5.74, 6) is 0.731. The smallest absolute Gasteiger partial charge is 0.133 e. The minimum Gasteiger partial charge on any atom is -0.457 e. The van der Waals surface area contributed by atoms with Gasteiger partial charge in [-0.25, -0.2) is 4.39 Å². The molecule has 0 radical (unpaired) electrons. The summed E-state index contributed by atoms with van der Waals surface area (Å²) >= 11 is 0. The van der Waals surface area contributed by atoms with Crippen LogP contribution in [0, 0.1) is 5.82 Å². The first-order chi connectivity index (χ1) is 8.16. The first kappa shape index (κ1) is 11.6. The molecule has 2 nitrogen and oxygen atoms in total. The van der Waals surface area contributed by atoms with Gasteiger partial charge in [-0.15, -0.1) is 0 Å². The van der Waals surface area contributed by atoms with Crippen LogP contribution < -0.4 is 4.74 Å². The van der Waals surface area contributed by atoms with Crippen LogP contribution in [0.5, 0.6) is 11.5 Å². The van der Waals surface area contributed by atoms with Gasteiger partial charge in [-0.1, -0.05) is 18.2 Å². The second-order valence-electron chi connectivity index (χ2n) is 3.77. The van der Waals surface area contributed by atoms with Crippen LogP contribution in [0.3, 0.4) is 0 Å². The fraction of sp³-hybridized carbons (Fsp3) is 0.143. The Morgan fingerprint density at radius 2 is 1.82 bits per heavy atom. The quantitative estimate of drug-likeness (QED) is 0.874. The fourth-order valence-corrected chi connectivity index (χ4v) is 1.55. The summed E-state index contributed by atoms with van der Waals surface area (Å²) in [7, 11) is 0. The minimum atomic E-state index is -0.774. The lowest BCUT2D eigenvalue weighted by Crippen LogP contribution is -1.97. The molecule has 0 saturated carbocycles. The van der Waals surface area contributed by atoms with Crippen molar-refractivity contribution in [2.75, 3.05) is 0 Å². The van der Waals surface area contributed by atoms with E-state index in [2.05, 4.69) is 0 Å². The zero-order valence-electron chi connectivity index (χ0n) is 9.43. The van der Waals surface area contributed by atoms with E-state index in [0.29, 0.717) is 17.1 Å². The molecule has 2 rings (SSSR count). The van der Waals surface area contributed by atoms with Gasteiger partial charge in [0.1, 0.15) is 17.3 Å². The van der Waals surface area contributed by atoms with Gasteiger partial charge in [0, 0.05) is 5.56 Å². The molecule has 0 bridgehead atoms. The van der Waals surface area contributed by atoms with Gasteiger partial charge in [-0.2, -0.15) is 0 Å². The van der Waals surface area contributed by atoms with Crippen LogP contribution >= 0.6 is 0 Å². The number of aliphatic hydroxyl groups excluding tert-OH is 1. The van der Waals surface area contributed by atoms with Crippen molar-refractivity contribution in [2.24, 2.45) is 0 Å². The summed E-state index contributed by atoms with van der Waals surface area (Å²) in [5.41, 5.74) is 0.439. The van der Waals surface area contributed by atoms with E-state index in [-0.39, 0.29) is 5.82 Å². The van der Waals surface area contributed by atoms with E-state index in [1.165, 1.54) is 18.2 Å². The highest BCUT2D eigenvalue weighted by Gasteiger charge is 2.11. The van der Waals surface area contributed by atoms with Crippen molar-refractivity contribution in [3.05, 3.63) is 59.9 Å². The Kier molecular flexibility index (Phi) is 3.40. The third-order valence-corrected chi connectivity index (χ3v) is 2.39. The highest BCUT2D eigenvalue weighted by Crippen LogP contribution is 2.30. The molecule has 0 heterocycles. The molecule has 17 heavy (non-hydrogen) atoms. The van der Waals surface area contributed by atoms with Crippen LogP contribution in [0.25, 0.3) is 0 Å². The van der Waals surface area contributed by atoms with Gasteiger partial charge in [-0.3, -0.25) is 0 Å². The van der Waals surface area contributed by atoms with Gasteiger partial charge >= 0.3 is 0 Å². The molecule has 0 aliphatic heterocycles. The molecule has 2 aromatic rings. The van der Waals surface area contributed by atoms with Crippen molar-refractivity contribution >= 4 is 0 Å². The molecule has 0 fully saturated rings. The second-order valence-corrected chi connectivity index (χ2v) is 3.77. The number of para-hydroxylation sites is 1. The predicted octanol–water partition coefficient (Wildman–Crippen LogP) is 3.67. The van der Waals surface area contributed by atoms with Crippen LogP contribution in [-0.2, 0) is 0 Å². The number of aliphatic hydroxyl groups is 1. The number of rotatable bonds is 3. The molecule has 0 spiro atoms. The zero-order chi connectivity index (χ0) is 12.3. The van der Waals surface area contributed by atoms with Gasteiger partial charge in [0.25, 0.3) is 0 Å². The third kappa shape index (κ3) is 2.82. The van der Waals surface area contributed by atoms with Crippen molar-refractivity contribution in [3.63, 3.8) is 0 Å². The average molecular weight is 232 g/mol. The molecule has 2 aromatic carbocycles. The zero-order valence-corrected chi connectivity index (χ0v) is 9.43. The van der Waals surface area contributed by atoms with Gasteiger partial charge in [0.15, 0.2) is 0 Å². The van der Waals surface area contributed by atoms with Crippen LogP contribution in [0.15, 0.2) is 48.5 Å². The maximum absolute atomic E-state index is 13.1. The highest BCUT2D eigenvalue weighted by atomic mass is 19.1. The van der Waals surface area contributed by atoms with Crippen molar-refractivity contribution in [3.8, 4) is 11.5 Å². The molecule has 1 unspecified atom stereocenters. The van der Waals surface area contributed by atoms with Gasteiger partial charge in [0.05, 0.1) is 6.10 Å². The largest absolute Gasteiger partial charge is 0.457 e. The number of ether oxygens (including phenoxy) is 1. The van der Waals surface area contributed by atoms with Crippen molar-refractivity contribution in [1.29, 1.82) is 0 Å². The molecule has 88 valence electrons. The SMILES string of the molecule is CC(O)c1cc(F)ccc1Oc1ccccc1. The van der Waals surface area contributed by atoms with Crippen LogP contribution in [0.4, 0.5) is 4.39 Å². The second kappa shape index (κ2) is 4.97. The Hall–Kier alpha value is -1.87. The van der Waals surface area contributed by atoms with Crippen LogP contribution in [0.1, 0.15) is 18.6 Å². The maximum Gasteiger partial charge on any atom is 0.133 e. The summed E-state index contributed by atoms with van der Waals surface area (Å²) in [6, 6.07) is 13.3. The minimum absolute atomic E-state index is 0.388. The molecule has 1 atom stereocenters. The van der Waals surface area contributed by atoms with Gasteiger partial charge in [-0.05, 0) is 37.3 Å². The molecule has 0 aliphatic carbocycles. The molecular weight excluding hydrogens is 219 g/mol. The molecule has 0 amide bonds. The number of benzene rings is 2. The van der Waals surface area contributed by atoms with Crippen LogP contribution in [0.2, 0.25) is 0 Å². The Balaban J connectivity index is 2.33. The van der Waals surface area contributed by atoms with E-state index in [1.807, 2.05) is 18.2 Å². The predicted molar refractivity (Wildman–Crippen MR) is 63.5 cm³/mol. The fourth-order valence-electron chi connectivity index (χ4n) is 1.55. The monoisotopic (exact) mass is 232 g/mol. The first-order valence-electron chi connectivity index (χ1n) is 5.37. The van der Waals surface area contributed by atoms with Crippen molar-refractivity contribution < 1.29 is 14.2 Å². The summed E-state index contributed by atoms with van der Waals surface area (Å²) in [4.78, 5) is 0. The Bertz CT molecular complexity index is 495. The Labute approximate surface area is 99.3 Å². The number of hydrogen-bond acceptors (Lipinski definition) is 2. The Morgan fingerprint density at radius 3 is 2.47 bits per heavy atom. The summed E-state index contributed by atoms with van der Waals surface area (Å²) in [5, 5.41) is 9.56. The summed E-state index contributed by atoms with van der Waals surface area (Å²) < 4.78 is 18.7. The Morgan fingerprint density at radius 1 is 1.12 bits per heavy atom. The molecule has 1 N–H and O–H groups in total. The maximum atomic E-state index is 13.1. The van der Waals surface area contributed by atoms with E-state index < -0.39 is 6.10 Å². The van der Waals surface area contributed by atoms with E-state index >= 15 is 0 Å². The number of hydrogen-bond donors (Lipinski definition) is 1. The molecule has 0 aliphatic rings. The normalized spacial score (nSPS) is 12.2. The number of halogens is 1. The molecule has 0 saturated heterocycles. The topological polar surface area (TPSA) is 29.5 Å².